The summed E-state index contributed by atoms with van der Waals surface area (Å²) in [6, 6.07) is 0. The van der Waals surface area contributed by atoms with Gasteiger partial charge in [0.05, 0.1) is 18.4 Å². The third kappa shape index (κ3) is 13.7. The molecule has 3 atom stereocenters. The van der Waals surface area contributed by atoms with Crippen molar-refractivity contribution in [3.05, 3.63) is 0 Å². The number of esters is 2. The minimum absolute atomic E-state index is 0.0679. The number of carbonyl (C=O) groups is 2. The first-order chi connectivity index (χ1) is 16.5. The summed E-state index contributed by atoms with van der Waals surface area (Å²) < 4.78 is 11.4. The third-order valence-electron chi connectivity index (χ3n) is 7.53. The molecule has 0 heterocycles. The van der Waals surface area contributed by atoms with E-state index >= 15 is 0 Å². The maximum absolute atomic E-state index is 12.8. The van der Waals surface area contributed by atoms with Crippen LogP contribution < -0.4 is 0 Å². The number of unbranched alkanes of at least 4 members (excludes halogenated alkanes) is 13. The van der Waals surface area contributed by atoms with Gasteiger partial charge in [-0.3, -0.25) is 9.59 Å². The molecule has 0 aromatic heterocycles. The van der Waals surface area contributed by atoms with Crippen molar-refractivity contribution in [2.45, 2.75) is 156 Å². The molecule has 1 aliphatic carbocycles. The minimum atomic E-state index is -0.328. The van der Waals surface area contributed by atoms with Crippen molar-refractivity contribution in [1.82, 2.24) is 0 Å². The summed E-state index contributed by atoms with van der Waals surface area (Å²) in [6.07, 6.45) is 22.6. The minimum Gasteiger partial charge on any atom is -0.465 e. The fraction of sp³-hybridized carbons (Fsp3) is 0.933. The highest BCUT2D eigenvalue weighted by molar-refractivity contribution is 5.82. The first kappa shape index (κ1) is 31.0. The number of hydrogen-bond acceptors (Lipinski definition) is 4. The summed E-state index contributed by atoms with van der Waals surface area (Å²) in [7, 11) is 0. The van der Waals surface area contributed by atoms with Crippen LogP contribution in [-0.2, 0) is 19.1 Å². The zero-order chi connectivity index (χ0) is 25.0. The lowest BCUT2D eigenvalue weighted by Gasteiger charge is -2.30. The average Bonchev–Trinajstić information content (AvgIpc) is 2.84. The van der Waals surface area contributed by atoms with E-state index in [9.17, 15) is 9.59 Å². The van der Waals surface area contributed by atoms with Crippen LogP contribution in [-0.4, -0.2) is 24.6 Å². The molecular weight excluding hydrogens is 424 g/mol. The molecule has 4 nitrogen and oxygen atoms in total. The second kappa shape index (κ2) is 20.2. The fourth-order valence-corrected chi connectivity index (χ4v) is 5.20. The van der Waals surface area contributed by atoms with Crippen molar-refractivity contribution in [3.8, 4) is 0 Å². The second-order valence-electron chi connectivity index (χ2n) is 10.9. The summed E-state index contributed by atoms with van der Waals surface area (Å²) in [5.74, 6) is -0.737. The molecule has 200 valence electrons. The predicted octanol–water partition coefficient (Wildman–Crippen LogP) is 8.80. The van der Waals surface area contributed by atoms with E-state index in [4.69, 9.17) is 9.47 Å². The van der Waals surface area contributed by atoms with Crippen LogP contribution in [0.15, 0.2) is 0 Å². The van der Waals surface area contributed by atoms with Crippen molar-refractivity contribution < 1.29 is 19.1 Å². The first-order valence-corrected chi connectivity index (χ1v) is 14.9. The van der Waals surface area contributed by atoms with Gasteiger partial charge in [-0.2, -0.15) is 0 Å². The first-order valence-electron chi connectivity index (χ1n) is 14.9. The van der Waals surface area contributed by atoms with Gasteiger partial charge in [-0.1, -0.05) is 124 Å². The Morgan fingerprint density at radius 2 is 1.12 bits per heavy atom. The van der Waals surface area contributed by atoms with Gasteiger partial charge in [-0.15, -0.1) is 0 Å². The van der Waals surface area contributed by atoms with Gasteiger partial charge in [-0.25, -0.2) is 0 Å². The molecule has 1 fully saturated rings. The van der Waals surface area contributed by atoms with Gasteiger partial charge in [0, 0.05) is 0 Å². The van der Waals surface area contributed by atoms with E-state index in [-0.39, 0.29) is 29.9 Å². The van der Waals surface area contributed by atoms with Gasteiger partial charge >= 0.3 is 11.9 Å². The molecule has 0 bridgehead atoms. The lowest BCUT2D eigenvalue weighted by molar-refractivity contribution is -0.167. The quantitative estimate of drug-likeness (QED) is 0.129. The molecule has 0 N–H and O–H groups in total. The lowest BCUT2D eigenvalue weighted by Crippen LogP contribution is -2.37. The highest BCUT2D eigenvalue weighted by Crippen LogP contribution is 2.33. The Labute approximate surface area is 211 Å². The summed E-state index contributed by atoms with van der Waals surface area (Å²) in [5.41, 5.74) is 0. The Kier molecular flexibility index (Phi) is 18.4. The largest absolute Gasteiger partial charge is 0.465 e. The maximum atomic E-state index is 12.8. The van der Waals surface area contributed by atoms with Crippen LogP contribution in [0.1, 0.15) is 150 Å². The molecule has 34 heavy (non-hydrogen) atoms. The molecular formula is C30H56O4. The molecule has 0 aromatic carbocycles. The molecule has 0 aromatic rings. The van der Waals surface area contributed by atoms with Gasteiger partial charge in [0.15, 0.2) is 0 Å². The third-order valence-corrected chi connectivity index (χ3v) is 7.53. The van der Waals surface area contributed by atoms with Gasteiger partial charge in [0.2, 0.25) is 0 Å². The average molecular weight is 481 g/mol. The van der Waals surface area contributed by atoms with E-state index in [2.05, 4.69) is 20.8 Å². The molecule has 3 unspecified atom stereocenters. The molecule has 1 saturated carbocycles. The normalized spacial score (nSPS) is 19.2. The van der Waals surface area contributed by atoms with E-state index < -0.39 is 0 Å². The van der Waals surface area contributed by atoms with Crippen molar-refractivity contribution in [2.24, 2.45) is 17.8 Å². The van der Waals surface area contributed by atoms with Crippen molar-refractivity contribution >= 4 is 11.9 Å². The molecule has 0 saturated heterocycles. The zero-order valence-electron chi connectivity index (χ0n) is 23.1. The number of carbonyl (C=O) groups excluding carboxylic acids is 2. The van der Waals surface area contributed by atoms with Crippen LogP contribution in [0.4, 0.5) is 0 Å². The molecule has 1 rings (SSSR count). The monoisotopic (exact) mass is 480 g/mol. The van der Waals surface area contributed by atoms with E-state index in [0.717, 1.165) is 44.9 Å². The fourth-order valence-electron chi connectivity index (χ4n) is 5.20. The Morgan fingerprint density at radius 3 is 1.56 bits per heavy atom. The highest BCUT2D eigenvalue weighted by atomic mass is 16.5. The van der Waals surface area contributed by atoms with Gasteiger partial charge in [0.25, 0.3) is 0 Å². The van der Waals surface area contributed by atoms with Crippen LogP contribution in [0, 0.1) is 17.8 Å². The van der Waals surface area contributed by atoms with Crippen molar-refractivity contribution in [1.29, 1.82) is 0 Å². The maximum Gasteiger partial charge on any atom is 0.310 e. The number of ether oxygens (including phenoxy) is 2. The Morgan fingerprint density at radius 1 is 0.676 bits per heavy atom. The lowest BCUT2D eigenvalue weighted by atomic mass is 9.79. The van der Waals surface area contributed by atoms with E-state index in [1.54, 1.807) is 0 Å². The number of rotatable bonds is 20. The molecule has 1 aliphatic rings. The Balaban J connectivity index is 2.10. The number of hydrogen-bond donors (Lipinski definition) is 0. The van der Waals surface area contributed by atoms with Crippen LogP contribution in [0.25, 0.3) is 0 Å². The van der Waals surface area contributed by atoms with Crippen LogP contribution >= 0.6 is 0 Å². The molecule has 0 spiro atoms. The summed E-state index contributed by atoms with van der Waals surface area (Å²) in [5, 5.41) is 0. The van der Waals surface area contributed by atoms with Crippen LogP contribution in [0.5, 0.6) is 0 Å². The van der Waals surface area contributed by atoms with Crippen LogP contribution in [0.2, 0.25) is 0 Å². The van der Waals surface area contributed by atoms with E-state index in [1.807, 2.05) is 6.92 Å². The Bertz CT molecular complexity index is 516. The van der Waals surface area contributed by atoms with E-state index in [1.165, 1.54) is 77.0 Å². The second-order valence-corrected chi connectivity index (χ2v) is 10.9. The molecule has 0 radical (unpaired) electrons. The SMILES string of the molecule is CCCCCCCCCCCCCCCCOC(=O)C1CCCCC1C(=O)OC(CC)C(C)C. The topological polar surface area (TPSA) is 52.6 Å². The summed E-state index contributed by atoms with van der Waals surface area (Å²) in [6.45, 7) is 8.95. The van der Waals surface area contributed by atoms with Gasteiger partial charge < -0.3 is 9.47 Å². The molecule has 0 aliphatic heterocycles. The van der Waals surface area contributed by atoms with Gasteiger partial charge in [-0.05, 0) is 31.6 Å². The summed E-state index contributed by atoms with van der Waals surface area (Å²) in [4.78, 5) is 25.5. The van der Waals surface area contributed by atoms with Crippen molar-refractivity contribution in [2.75, 3.05) is 6.61 Å². The molecule has 0 amide bonds. The summed E-state index contributed by atoms with van der Waals surface area (Å²) >= 11 is 0. The zero-order valence-corrected chi connectivity index (χ0v) is 23.1. The van der Waals surface area contributed by atoms with E-state index in [0.29, 0.717) is 12.5 Å². The highest BCUT2D eigenvalue weighted by Gasteiger charge is 2.38. The predicted molar refractivity (Wildman–Crippen MR) is 142 cm³/mol. The Hall–Kier alpha value is -1.06. The smallest absolute Gasteiger partial charge is 0.310 e. The van der Waals surface area contributed by atoms with Crippen molar-refractivity contribution in [3.63, 3.8) is 0 Å². The van der Waals surface area contributed by atoms with Crippen LogP contribution in [0.3, 0.4) is 0 Å². The van der Waals surface area contributed by atoms with Gasteiger partial charge in [0.1, 0.15) is 6.10 Å². The molecule has 4 heteroatoms. The standard InChI is InChI=1S/C30H56O4/c1-5-7-8-9-10-11-12-13-14-15-16-17-18-21-24-33-29(31)26-22-19-20-23-27(26)30(32)34-28(6-2)25(3)4/h25-28H,5-24H2,1-4H3.